The standard InChI is InChI=1S/C19H17N3O2S2/c23-26(24,17-9-8-15-4-1-2-5-16(15)14-17)21-11-13-25-19-7-3-6-18-20-10-12-22(18)19/h1-10,12,14,21H,11,13H2. The van der Waals surface area contributed by atoms with Crippen molar-refractivity contribution in [1.82, 2.24) is 14.1 Å². The molecule has 0 bridgehead atoms. The van der Waals surface area contributed by atoms with Crippen LogP contribution in [-0.2, 0) is 10.0 Å². The van der Waals surface area contributed by atoms with Crippen molar-refractivity contribution in [2.45, 2.75) is 9.92 Å². The molecule has 0 aliphatic carbocycles. The fourth-order valence-electron chi connectivity index (χ4n) is 2.79. The van der Waals surface area contributed by atoms with Crippen LogP contribution in [0.4, 0.5) is 0 Å². The molecule has 4 rings (SSSR count). The van der Waals surface area contributed by atoms with Gasteiger partial charge < -0.3 is 0 Å². The molecular weight excluding hydrogens is 366 g/mol. The lowest BCUT2D eigenvalue weighted by Crippen LogP contribution is -2.26. The predicted molar refractivity (Wildman–Crippen MR) is 105 cm³/mol. The molecular formula is C19H17N3O2S2. The smallest absolute Gasteiger partial charge is 0.240 e. The van der Waals surface area contributed by atoms with E-state index >= 15 is 0 Å². The van der Waals surface area contributed by atoms with Crippen LogP contribution in [0.3, 0.4) is 0 Å². The molecule has 4 aromatic rings. The van der Waals surface area contributed by atoms with Gasteiger partial charge in [0.05, 0.1) is 9.92 Å². The normalized spacial score (nSPS) is 12.0. The molecule has 0 unspecified atom stereocenters. The molecule has 0 aliphatic heterocycles. The van der Waals surface area contributed by atoms with Crippen LogP contribution in [0.1, 0.15) is 0 Å². The SMILES string of the molecule is O=S(=O)(NCCSc1cccc2nccn12)c1ccc2ccccc2c1. The van der Waals surface area contributed by atoms with Crippen LogP contribution in [0.15, 0.2) is 83.0 Å². The van der Waals surface area contributed by atoms with Crippen LogP contribution in [0.5, 0.6) is 0 Å². The summed E-state index contributed by atoms with van der Waals surface area (Å²) in [5.74, 6) is 0.629. The summed E-state index contributed by atoms with van der Waals surface area (Å²) in [5, 5.41) is 2.97. The highest BCUT2D eigenvalue weighted by molar-refractivity contribution is 7.99. The summed E-state index contributed by atoms with van der Waals surface area (Å²) >= 11 is 1.59. The maximum atomic E-state index is 12.5. The minimum absolute atomic E-state index is 0.290. The van der Waals surface area contributed by atoms with E-state index in [0.29, 0.717) is 12.3 Å². The number of thioether (sulfide) groups is 1. The van der Waals surface area contributed by atoms with E-state index in [1.807, 2.05) is 59.1 Å². The molecule has 0 atom stereocenters. The molecule has 2 aromatic carbocycles. The maximum Gasteiger partial charge on any atom is 0.240 e. The number of rotatable bonds is 6. The van der Waals surface area contributed by atoms with Crippen molar-refractivity contribution in [3.05, 3.63) is 73.1 Å². The molecule has 7 heteroatoms. The molecule has 0 saturated heterocycles. The second-order valence-corrected chi connectivity index (χ2v) is 8.66. The monoisotopic (exact) mass is 383 g/mol. The zero-order chi connectivity index (χ0) is 18.0. The largest absolute Gasteiger partial charge is 0.294 e. The molecule has 0 spiro atoms. The molecule has 0 saturated carbocycles. The number of benzene rings is 2. The number of nitrogens with one attached hydrogen (secondary N) is 1. The van der Waals surface area contributed by atoms with E-state index in [-0.39, 0.29) is 4.90 Å². The van der Waals surface area contributed by atoms with Gasteiger partial charge in [0, 0.05) is 24.7 Å². The summed E-state index contributed by atoms with van der Waals surface area (Å²) < 4.78 is 29.7. The minimum atomic E-state index is -3.52. The highest BCUT2D eigenvalue weighted by Crippen LogP contribution is 2.20. The Hall–Kier alpha value is -2.35. The number of nitrogens with zero attached hydrogens (tertiary/aromatic N) is 2. The lowest BCUT2D eigenvalue weighted by molar-refractivity contribution is 0.584. The van der Waals surface area contributed by atoms with Gasteiger partial charge in [0.15, 0.2) is 0 Å². The lowest BCUT2D eigenvalue weighted by Gasteiger charge is -2.08. The quantitative estimate of drug-likeness (QED) is 0.408. The van der Waals surface area contributed by atoms with Crippen molar-refractivity contribution in [3.8, 4) is 0 Å². The third-order valence-electron chi connectivity index (χ3n) is 4.07. The van der Waals surface area contributed by atoms with E-state index in [0.717, 1.165) is 21.4 Å². The first kappa shape index (κ1) is 17.1. The van der Waals surface area contributed by atoms with Gasteiger partial charge in [-0.2, -0.15) is 0 Å². The molecule has 132 valence electrons. The fraction of sp³-hybridized carbons (Fsp3) is 0.105. The highest BCUT2D eigenvalue weighted by Gasteiger charge is 2.14. The second-order valence-electron chi connectivity index (χ2n) is 5.77. The Balaban J connectivity index is 1.42. The van der Waals surface area contributed by atoms with Gasteiger partial charge in [0.1, 0.15) is 5.65 Å². The summed E-state index contributed by atoms with van der Waals surface area (Å²) in [5.41, 5.74) is 0.881. The maximum absolute atomic E-state index is 12.5. The van der Waals surface area contributed by atoms with Crippen molar-refractivity contribution < 1.29 is 8.42 Å². The van der Waals surface area contributed by atoms with Crippen LogP contribution in [0, 0.1) is 0 Å². The molecule has 0 fully saturated rings. The number of imidazole rings is 1. The van der Waals surface area contributed by atoms with E-state index in [2.05, 4.69) is 9.71 Å². The second kappa shape index (κ2) is 7.11. The Kier molecular flexibility index (Phi) is 4.67. The number of sulfonamides is 1. The van der Waals surface area contributed by atoms with E-state index in [1.54, 1.807) is 30.1 Å². The van der Waals surface area contributed by atoms with Crippen molar-refractivity contribution >= 4 is 38.2 Å². The van der Waals surface area contributed by atoms with Crippen LogP contribution < -0.4 is 4.72 Å². The van der Waals surface area contributed by atoms with E-state index in [4.69, 9.17) is 0 Å². The number of aromatic nitrogens is 2. The Morgan fingerprint density at radius 3 is 2.73 bits per heavy atom. The van der Waals surface area contributed by atoms with Crippen molar-refractivity contribution in [3.63, 3.8) is 0 Å². The molecule has 5 nitrogen and oxygen atoms in total. The Bertz CT molecular complexity index is 1170. The van der Waals surface area contributed by atoms with E-state index < -0.39 is 10.0 Å². The highest BCUT2D eigenvalue weighted by atomic mass is 32.2. The van der Waals surface area contributed by atoms with Gasteiger partial charge in [-0.1, -0.05) is 36.4 Å². The summed E-state index contributed by atoms with van der Waals surface area (Å²) in [4.78, 5) is 4.54. The molecule has 0 radical (unpaired) electrons. The van der Waals surface area contributed by atoms with E-state index in [1.165, 1.54) is 0 Å². The van der Waals surface area contributed by atoms with Gasteiger partial charge in [0.25, 0.3) is 0 Å². The third-order valence-corrected chi connectivity index (χ3v) is 6.56. The zero-order valence-corrected chi connectivity index (χ0v) is 15.5. The Morgan fingerprint density at radius 2 is 1.85 bits per heavy atom. The van der Waals surface area contributed by atoms with Gasteiger partial charge in [-0.3, -0.25) is 4.40 Å². The third kappa shape index (κ3) is 3.46. The van der Waals surface area contributed by atoms with Gasteiger partial charge in [0.2, 0.25) is 10.0 Å². The first-order valence-electron chi connectivity index (χ1n) is 8.17. The van der Waals surface area contributed by atoms with Crippen molar-refractivity contribution in [1.29, 1.82) is 0 Å². The molecule has 1 N–H and O–H groups in total. The van der Waals surface area contributed by atoms with Crippen molar-refractivity contribution in [2.75, 3.05) is 12.3 Å². The van der Waals surface area contributed by atoms with Crippen LogP contribution in [0.2, 0.25) is 0 Å². The predicted octanol–water partition coefficient (Wildman–Crippen LogP) is 3.56. The molecule has 0 amide bonds. The lowest BCUT2D eigenvalue weighted by atomic mass is 10.1. The van der Waals surface area contributed by atoms with Gasteiger partial charge in [-0.15, -0.1) is 11.8 Å². The number of pyridine rings is 1. The summed E-state index contributed by atoms with van der Waals surface area (Å²) in [6, 6.07) is 18.8. The van der Waals surface area contributed by atoms with Crippen LogP contribution in [-0.4, -0.2) is 30.1 Å². The van der Waals surface area contributed by atoms with Gasteiger partial charge in [-0.25, -0.2) is 18.1 Å². The van der Waals surface area contributed by atoms with Crippen LogP contribution >= 0.6 is 11.8 Å². The fourth-order valence-corrected chi connectivity index (χ4v) is 4.87. The molecule has 2 aromatic heterocycles. The number of fused-ring (bicyclic) bond motifs is 2. The number of hydrogen-bond donors (Lipinski definition) is 1. The summed E-state index contributed by atoms with van der Waals surface area (Å²) in [6.07, 6.45) is 3.65. The van der Waals surface area contributed by atoms with Crippen molar-refractivity contribution in [2.24, 2.45) is 0 Å². The average molecular weight is 383 g/mol. The topological polar surface area (TPSA) is 63.5 Å². The van der Waals surface area contributed by atoms with E-state index in [9.17, 15) is 8.42 Å². The summed E-state index contributed by atoms with van der Waals surface area (Å²) in [6.45, 7) is 0.352. The molecule has 0 aliphatic rings. The Morgan fingerprint density at radius 1 is 1.00 bits per heavy atom. The molecule has 2 heterocycles. The summed E-state index contributed by atoms with van der Waals surface area (Å²) in [7, 11) is -3.52. The first-order valence-corrected chi connectivity index (χ1v) is 10.6. The first-order chi connectivity index (χ1) is 12.6. The number of hydrogen-bond acceptors (Lipinski definition) is 4. The minimum Gasteiger partial charge on any atom is -0.294 e. The molecule has 26 heavy (non-hydrogen) atoms. The Labute approximate surface area is 156 Å². The van der Waals surface area contributed by atoms with Gasteiger partial charge >= 0.3 is 0 Å². The average Bonchev–Trinajstić information content (AvgIpc) is 3.14. The zero-order valence-electron chi connectivity index (χ0n) is 13.9. The van der Waals surface area contributed by atoms with Gasteiger partial charge in [-0.05, 0) is 35.0 Å². The van der Waals surface area contributed by atoms with Crippen LogP contribution in [0.25, 0.3) is 16.4 Å².